The SMILES string of the molecule is CCNC(=NCCCOCC(C)C)NCCc1ncc(CC)s1. The first-order chi connectivity index (χ1) is 11.2. The maximum atomic E-state index is 5.57. The number of thiazole rings is 1. The molecule has 0 radical (unpaired) electrons. The van der Waals surface area contributed by atoms with Crippen LogP contribution in [0.5, 0.6) is 0 Å². The quantitative estimate of drug-likeness (QED) is 0.369. The number of nitrogens with zero attached hydrogens (tertiary/aromatic N) is 2. The lowest BCUT2D eigenvalue weighted by atomic mass is 10.2. The molecule has 0 aliphatic carbocycles. The zero-order valence-electron chi connectivity index (χ0n) is 15.0. The van der Waals surface area contributed by atoms with Crippen LogP contribution in [0.3, 0.4) is 0 Å². The fourth-order valence-corrected chi connectivity index (χ4v) is 2.80. The fraction of sp³-hybridized carbons (Fsp3) is 0.765. The van der Waals surface area contributed by atoms with E-state index in [1.165, 1.54) is 9.88 Å². The van der Waals surface area contributed by atoms with Gasteiger partial charge in [-0.25, -0.2) is 4.98 Å². The van der Waals surface area contributed by atoms with Crippen molar-refractivity contribution in [2.45, 2.75) is 47.0 Å². The van der Waals surface area contributed by atoms with Crippen LogP contribution in [-0.4, -0.2) is 43.8 Å². The molecule has 0 fully saturated rings. The number of rotatable bonds is 11. The fourth-order valence-electron chi connectivity index (χ4n) is 1.93. The number of hydrogen-bond acceptors (Lipinski definition) is 4. The second-order valence-electron chi connectivity index (χ2n) is 5.83. The Morgan fingerprint density at radius 3 is 2.83 bits per heavy atom. The number of aliphatic imine (C=N–C) groups is 1. The molecule has 0 aliphatic heterocycles. The minimum absolute atomic E-state index is 0.594. The van der Waals surface area contributed by atoms with E-state index in [2.05, 4.69) is 48.3 Å². The van der Waals surface area contributed by atoms with E-state index in [-0.39, 0.29) is 0 Å². The Morgan fingerprint density at radius 1 is 1.35 bits per heavy atom. The topological polar surface area (TPSA) is 58.5 Å². The first-order valence-corrected chi connectivity index (χ1v) is 9.50. The maximum absolute atomic E-state index is 5.57. The first kappa shape index (κ1) is 19.9. The number of ether oxygens (including phenoxy) is 1. The van der Waals surface area contributed by atoms with E-state index in [4.69, 9.17) is 4.74 Å². The molecule has 0 spiro atoms. The normalized spacial score (nSPS) is 12.0. The Labute approximate surface area is 145 Å². The second-order valence-corrected chi connectivity index (χ2v) is 7.03. The number of aromatic nitrogens is 1. The molecule has 0 aromatic carbocycles. The molecule has 1 aromatic heterocycles. The minimum Gasteiger partial charge on any atom is -0.381 e. The van der Waals surface area contributed by atoms with Crippen LogP contribution in [0.4, 0.5) is 0 Å². The molecule has 0 bridgehead atoms. The highest BCUT2D eigenvalue weighted by Gasteiger charge is 2.02. The van der Waals surface area contributed by atoms with Gasteiger partial charge in [-0.05, 0) is 25.7 Å². The third kappa shape index (κ3) is 9.56. The van der Waals surface area contributed by atoms with Gasteiger partial charge in [0.15, 0.2) is 5.96 Å². The molecule has 0 saturated carbocycles. The molecule has 1 aromatic rings. The van der Waals surface area contributed by atoms with Crippen molar-refractivity contribution in [2.24, 2.45) is 10.9 Å². The van der Waals surface area contributed by atoms with Crippen molar-refractivity contribution >= 4 is 17.3 Å². The molecule has 23 heavy (non-hydrogen) atoms. The van der Waals surface area contributed by atoms with Gasteiger partial charge in [-0.15, -0.1) is 11.3 Å². The van der Waals surface area contributed by atoms with Crippen molar-refractivity contribution in [2.75, 3.05) is 32.8 Å². The molecule has 2 N–H and O–H groups in total. The summed E-state index contributed by atoms with van der Waals surface area (Å²) in [5.74, 6) is 1.47. The lowest BCUT2D eigenvalue weighted by Crippen LogP contribution is -2.38. The molecular formula is C17H32N4OS. The highest BCUT2D eigenvalue weighted by Crippen LogP contribution is 2.13. The summed E-state index contributed by atoms with van der Waals surface area (Å²) in [4.78, 5) is 10.4. The van der Waals surface area contributed by atoms with Crippen LogP contribution < -0.4 is 10.6 Å². The van der Waals surface area contributed by atoms with E-state index < -0.39 is 0 Å². The summed E-state index contributed by atoms with van der Waals surface area (Å²) in [6.07, 6.45) is 4.94. The second kappa shape index (κ2) is 12.3. The van der Waals surface area contributed by atoms with Gasteiger partial charge in [-0.2, -0.15) is 0 Å². The van der Waals surface area contributed by atoms with E-state index in [1.54, 1.807) is 11.3 Å². The lowest BCUT2D eigenvalue weighted by molar-refractivity contribution is 0.109. The Kier molecular flexibility index (Phi) is 10.6. The van der Waals surface area contributed by atoms with Gasteiger partial charge in [0.1, 0.15) is 0 Å². The van der Waals surface area contributed by atoms with E-state index in [1.807, 2.05) is 6.20 Å². The monoisotopic (exact) mass is 340 g/mol. The van der Waals surface area contributed by atoms with E-state index in [0.29, 0.717) is 5.92 Å². The van der Waals surface area contributed by atoms with Gasteiger partial charge in [-0.1, -0.05) is 20.8 Å². The minimum atomic E-state index is 0.594. The molecule has 0 unspecified atom stereocenters. The van der Waals surface area contributed by atoms with Gasteiger partial charge in [-0.3, -0.25) is 4.99 Å². The average molecular weight is 341 g/mol. The summed E-state index contributed by atoms with van der Waals surface area (Å²) in [6, 6.07) is 0. The third-order valence-electron chi connectivity index (χ3n) is 3.09. The number of guanidine groups is 1. The molecule has 0 amide bonds. The van der Waals surface area contributed by atoms with Crippen LogP contribution >= 0.6 is 11.3 Å². The van der Waals surface area contributed by atoms with Crippen LogP contribution in [-0.2, 0) is 17.6 Å². The highest BCUT2D eigenvalue weighted by molar-refractivity contribution is 7.11. The van der Waals surface area contributed by atoms with Gasteiger partial charge < -0.3 is 15.4 Å². The third-order valence-corrected chi connectivity index (χ3v) is 4.29. The Morgan fingerprint density at radius 2 is 2.17 bits per heavy atom. The molecule has 0 saturated heterocycles. The molecule has 6 heteroatoms. The molecule has 5 nitrogen and oxygen atoms in total. The average Bonchev–Trinajstić information content (AvgIpc) is 2.98. The van der Waals surface area contributed by atoms with Gasteiger partial charge in [0.25, 0.3) is 0 Å². The molecule has 1 heterocycles. The van der Waals surface area contributed by atoms with Gasteiger partial charge in [0.2, 0.25) is 0 Å². The zero-order chi connectivity index (χ0) is 16.9. The van der Waals surface area contributed by atoms with Crippen molar-refractivity contribution in [3.63, 3.8) is 0 Å². The summed E-state index contributed by atoms with van der Waals surface area (Å²) in [6.45, 7) is 12.7. The number of nitrogens with one attached hydrogen (secondary N) is 2. The van der Waals surface area contributed by atoms with Crippen LogP contribution in [0.25, 0.3) is 0 Å². The van der Waals surface area contributed by atoms with Crippen LogP contribution in [0.2, 0.25) is 0 Å². The summed E-state index contributed by atoms with van der Waals surface area (Å²) in [5.41, 5.74) is 0. The van der Waals surface area contributed by atoms with E-state index >= 15 is 0 Å². The van der Waals surface area contributed by atoms with Gasteiger partial charge in [0.05, 0.1) is 5.01 Å². The Bertz CT molecular complexity index is 446. The largest absolute Gasteiger partial charge is 0.381 e. The molecule has 0 atom stereocenters. The number of aryl methyl sites for hydroxylation is 1. The van der Waals surface area contributed by atoms with E-state index in [0.717, 1.165) is 58.1 Å². The zero-order valence-corrected chi connectivity index (χ0v) is 15.8. The van der Waals surface area contributed by atoms with Crippen molar-refractivity contribution in [3.8, 4) is 0 Å². The van der Waals surface area contributed by atoms with E-state index in [9.17, 15) is 0 Å². The van der Waals surface area contributed by atoms with Crippen LogP contribution in [0.1, 0.15) is 44.0 Å². The lowest BCUT2D eigenvalue weighted by Gasteiger charge is -2.11. The molecule has 132 valence electrons. The summed E-state index contributed by atoms with van der Waals surface area (Å²) >= 11 is 1.80. The van der Waals surface area contributed by atoms with Crippen LogP contribution in [0.15, 0.2) is 11.2 Å². The van der Waals surface area contributed by atoms with Crippen LogP contribution in [0, 0.1) is 5.92 Å². The number of hydrogen-bond donors (Lipinski definition) is 2. The summed E-state index contributed by atoms with van der Waals surface area (Å²) in [7, 11) is 0. The van der Waals surface area contributed by atoms with Gasteiger partial charge in [0, 0.05) is 50.3 Å². The first-order valence-electron chi connectivity index (χ1n) is 8.69. The van der Waals surface area contributed by atoms with Gasteiger partial charge >= 0.3 is 0 Å². The molecular weight excluding hydrogens is 308 g/mol. The van der Waals surface area contributed by atoms with Crippen molar-refractivity contribution in [1.29, 1.82) is 0 Å². The Balaban J connectivity index is 2.23. The predicted octanol–water partition coefficient (Wildman–Crippen LogP) is 2.87. The molecule has 1 rings (SSSR count). The van der Waals surface area contributed by atoms with Crippen molar-refractivity contribution < 1.29 is 4.74 Å². The highest BCUT2D eigenvalue weighted by atomic mass is 32.1. The molecule has 0 aliphatic rings. The van der Waals surface area contributed by atoms with Crippen molar-refractivity contribution in [1.82, 2.24) is 15.6 Å². The maximum Gasteiger partial charge on any atom is 0.191 e. The Hall–Kier alpha value is -1.14. The smallest absolute Gasteiger partial charge is 0.191 e. The summed E-state index contributed by atoms with van der Waals surface area (Å²) in [5, 5.41) is 7.83. The predicted molar refractivity (Wildman–Crippen MR) is 99.5 cm³/mol. The standard InChI is InChI=1S/C17H32N4OS/c1-5-15-12-21-16(23-15)8-10-20-17(18-6-2)19-9-7-11-22-13-14(3)4/h12,14H,5-11,13H2,1-4H3,(H2,18,19,20). The van der Waals surface area contributed by atoms with Crippen molar-refractivity contribution in [3.05, 3.63) is 16.1 Å². The summed E-state index contributed by atoms with van der Waals surface area (Å²) < 4.78 is 5.57.